The molecule has 3 heterocycles. The second-order valence-electron chi connectivity index (χ2n) is 6.05. The molecule has 0 aliphatic carbocycles. The Labute approximate surface area is 137 Å². The van der Waals surface area contributed by atoms with E-state index in [1.54, 1.807) is 0 Å². The van der Waals surface area contributed by atoms with Crippen molar-refractivity contribution in [3.8, 4) is 0 Å². The van der Waals surface area contributed by atoms with Gasteiger partial charge in [-0.05, 0) is 30.5 Å². The summed E-state index contributed by atoms with van der Waals surface area (Å²) in [6, 6.07) is 4.05. The van der Waals surface area contributed by atoms with Crippen molar-refractivity contribution in [2.24, 2.45) is 12.0 Å². The van der Waals surface area contributed by atoms with Gasteiger partial charge in [-0.3, -0.25) is 14.7 Å². The molecule has 3 rings (SSSR count). The van der Waals surface area contributed by atoms with Crippen LogP contribution in [0, 0.1) is 6.92 Å². The minimum Gasteiger partial charge on any atom is -0.351 e. The number of guanidine groups is 1. The molecule has 0 bridgehead atoms. The van der Waals surface area contributed by atoms with Crippen molar-refractivity contribution < 1.29 is 0 Å². The van der Waals surface area contributed by atoms with E-state index in [0.717, 1.165) is 31.2 Å². The monoisotopic (exact) mass is 312 g/mol. The van der Waals surface area contributed by atoms with E-state index in [9.17, 15) is 0 Å². The van der Waals surface area contributed by atoms with Crippen LogP contribution in [0.15, 0.2) is 35.7 Å². The van der Waals surface area contributed by atoms with Gasteiger partial charge in [-0.15, -0.1) is 0 Å². The van der Waals surface area contributed by atoms with Crippen molar-refractivity contribution in [2.75, 3.05) is 20.1 Å². The third kappa shape index (κ3) is 3.52. The van der Waals surface area contributed by atoms with Gasteiger partial charge in [0.2, 0.25) is 0 Å². The fraction of sp³-hybridized carbons (Fsp3) is 0.471. The van der Waals surface area contributed by atoms with Gasteiger partial charge in [0, 0.05) is 45.5 Å². The molecule has 0 radical (unpaired) electrons. The lowest BCUT2D eigenvalue weighted by molar-refractivity contribution is 0.485. The fourth-order valence-electron chi connectivity index (χ4n) is 3.07. The minimum absolute atomic E-state index is 0.527. The number of nitrogens with one attached hydrogen (secondary N) is 1. The lowest BCUT2D eigenvalue weighted by Crippen LogP contribution is -2.39. The molecule has 2 aromatic heterocycles. The van der Waals surface area contributed by atoms with Crippen LogP contribution in [-0.4, -0.2) is 45.8 Å². The number of hydrogen-bond donors (Lipinski definition) is 1. The van der Waals surface area contributed by atoms with Crippen LogP contribution in [0.5, 0.6) is 0 Å². The predicted molar refractivity (Wildman–Crippen MR) is 91.3 cm³/mol. The molecule has 122 valence electrons. The number of hydrogen-bond acceptors (Lipinski definition) is 3. The molecule has 1 N–H and O–H groups in total. The summed E-state index contributed by atoms with van der Waals surface area (Å²) in [5.74, 6) is 1.47. The van der Waals surface area contributed by atoms with Crippen LogP contribution in [0.1, 0.15) is 29.2 Å². The summed E-state index contributed by atoms with van der Waals surface area (Å²) in [7, 11) is 3.80. The van der Waals surface area contributed by atoms with E-state index < -0.39 is 0 Å². The first-order valence-corrected chi connectivity index (χ1v) is 8.02. The first-order valence-electron chi connectivity index (χ1n) is 8.02. The SMILES string of the molecule is CN=C(NCc1ncccc1C)N1CCC(c2cnn(C)c2)C1. The normalized spacial score (nSPS) is 18.5. The molecule has 0 amide bonds. The zero-order valence-electron chi connectivity index (χ0n) is 14.0. The average Bonchev–Trinajstić information content (AvgIpc) is 3.19. The zero-order valence-corrected chi connectivity index (χ0v) is 14.0. The van der Waals surface area contributed by atoms with Crippen molar-refractivity contribution >= 4 is 5.96 Å². The van der Waals surface area contributed by atoms with Gasteiger partial charge in [0.1, 0.15) is 0 Å². The Kier molecular flexibility index (Phi) is 4.60. The lowest BCUT2D eigenvalue weighted by Gasteiger charge is -2.21. The molecule has 0 aromatic carbocycles. The van der Waals surface area contributed by atoms with Crippen LogP contribution in [0.3, 0.4) is 0 Å². The summed E-state index contributed by atoms with van der Waals surface area (Å²) < 4.78 is 1.87. The number of rotatable bonds is 3. The summed E-state index contributed by atoms with van der Waals surface area (Å²) in [6.45, 7) is 4.78. The van der Waals surface area contributed by atoms with Crippen molar-refractivity contribution in [2.45, 2.75) is 25.8 Å². The highest BCUT2D eigenvalue weighted by Crippen LogP contribution is 2.26. The van der Waals surface area contributed by atoms with Crippen LogP contribution in [0.4, 0.5) is 0 Å². The number of pyridine rings is 1. The van der Waals surface area contributed by atoms with Crippen molar-refractivity contribution in [3.63, 3.8) is 0 Å². The Balaban J connectivity index is 1.60. The van der Waals surface area contributed by atoms with Gasteiger partial charge < -0.3 is 10.2 Å². The van der Waals surface area contributed by atoms with Gasteiger partial charge in [0.05, 0.1) is 18.4 Å². The van der Waals surface area contributed by atoms with Crippen LogP contribution < -0.4 is 5.32 Å². The summed E-state index contributed by atoms with van der Waals surface area (Å²) >= 11 is 0. The van der Waals surface area contributed by atoms with Crippen LogP contribution in [0.2, 0.25) is 0 Å². The molecule has 6 nitrogen and oxygen atoms in total. The fourth-order valence-corrected chi connectivity index (χ4v) is 3.07. The molecule has 6 heteroatoms. The first kappa shape index (κ1) is 15.5. The average molecular weight is 312 g/mol. The van der Waals surface area contributed by atoms with Crippen LogP contribution in [-0.2, 0) is 13.6 Å². The number of aromatic nitrogens is 3. The smallest absolute Gasteiger partial charge is 0.193 e. The number of aliphatic imine (C=N–C) groups is 1. The second-order valence-corrected chi connectivity index (χ2v) is 6.05. The maximum Gasteiger partial charge on any atom is 0.193 e. The number of aryl methyl sites for hydroxylation is 2. The van der Waals surface area contributed by atoms with Crippen molar-refractivity contribution in [1.29, 1.82) is 0 Å². The van der Waals surface area contributed by atoms with E-state index in [2.05, 4.69) is 44.5 Å². The maximum absolute atomic E-state index is 4.43. The molecule has 1 saturated heterocycles. The molecule has 1 aliphatic heterocycles. The molecule has 1 aliphatic rings. The second kappa shape index (κ2) is 6.81. The Morgan fingerprint density at radius 1 is 1.48 bits per heavy atom. The van der Waals surface area contributed by atoms with E-state index in [-0.39, 0.29) is 0 Å². The van der Waals surface area contributed by atoms with Crippen LogP contribution >= 0.6 is 0 Å². The van der Waals surface area contributed by atoms with Gasteiger partial charge in [-0.25, -0.2) is 0 Å². The highest BCUT2D eigenvalue weighted by atomic mass is 15.3. The van der Waals surface area contributed by atoms with Gasteiger partial charge in [0.15, 0.2) is 5.96 Å². The Morgan fingerprint density at radius 3 is 3.04 bits per heavy atom. The number of likely N-dealkylation sites (tertiary alicyclic amines) is 1. The van der Waals surface area contributed by atoms with E-state index in [1.165, 1.54) is 11.1 Å². The molecular weight excluding hydrogens is 288 g/mol. The summed E-state index contributed by atoms with van der Waals surface area (Å²) in [6.07, 6.45) is 7.05. The lowest BCUT2D eigenvalue weighted by atomic mass is 10.0. The molecule has 1 fully saturated rings. The molecule has 1 atom stereocenters. The van der Waals surface area contributed by atoms with Crippen LogP contribution in [0.25, 0.3) is 0 Å². The standard InChI is InChI=1S/C17H24N6/c1-13-5-4-7-19-16(13)10-20-17(18-2)23-8-6-14(12-23)15-9-21-22(3)11-15/h4-5,7,9,11,14H,6,8,10,12H2,1-3H3,(H,18,20). The third-order valence-corrected chi connectivity index (χ3v) is 4.43. The largest absolute Gasteiger partial charge is 0.351 e. The van der Waals surface area contributed by atoms with Crippen molar-refractivity contribution in [3.05, 3.63) is 47.5 Å². The highest BCUT2D eigenvalue weighted by molar-refractivity contribution is 5.80. The zero-order chi connectivity index (χ0) is 16.2. The quantitative estimate of drug-likeness (QED) is 0.692. The molecule has 0 spiro atoms. The Bertz CT molecular complexity index is 690. The maximum atomic E-state index is 4.43. The molecule has 1 unspecified atom stereocenters. The van der Waals surface area contributed by atoms with E-state index in [0.29, 0.717) is 12.5 Å². The molecular formula is C17H24N6. The summed E-state index contributed by atoms with van der Waals surface area (Å²) in [5.41, 5.74) is 3.58. The summed E-state index contributed by atoms with van der Waals surface area (Å²) in [4.78, 5) is 11.2. The molecule has 2 aromatic rings. The highest BCUT2D eigenvalue weighted by Gasteiger charge is 2.26. The van der Waals surface area contributed by atoms with E-state index in [4.69, 9.17) is 0 Å². The first-order chi connectivity index (χ1) is 11.2. The van der Waals surface area contributed by atoms with Gasteiger partial charge in [0.25, 0.3) is 0 Å². The van der Waals surface area contributed by atoms with Gasteiger partial charge >= 0.3 is 0 Å². The topological polar surface area (TPSA) is 58.3 Å². The van der Waals surface area contributed by atoms with E-state index in [1.807, 2.05) is 37.2 Å². The van der Waals surface area contributed by atoms with Crippen molar-refractivity contribution in [1.82, 2.24) is 25.0 Å². The number of nitrogens with zero attached hydrogens (tertiary/aromatic N) is 5. The van der Waals surface area contributed by atoms with Gasteiger partial charge in [-0.2, -0.15) is 5.10 Å². The molecule has 0 saturated carbocycles. The molecule has 23 heavy (non-hydrogen) atoms. The predicted octanol–water partition coefficient (Wildman–Crippen LogP) is 1.69. The minimum atomic E-state index is 0.527. The Morgan fingerprint density at radius 2 is 2.35 bits per heavy atom. The van der Waals surface area contributed by atoms with E-state index >= 15 is 0 Å². The van der Waals surface area contributed by atoms with Gasteiger partial charge in [-0.1, -0.05) is 6.07 Å². The Hall–Kier alpha value is -2.37. The summed E-state index contributed by atoms with van der Waals surface area (Å²) in [5, 5.41) is 7.72. The third-order valence-electron chi connectivity index (χ3n) is 4.43.